The summed E-state index contributed by atoms with van der Waals surface area (Å²) < 4.78 is 38.6. The predicted octanol–water partition coefficient (Wildman–Crippen LogP) is 4.03. The molecule has 5 nitrogen and oxygen atoms in total. The van der Waals surface area contributed by atoms with Gasteiger partial charge in [-0.25, -0.2) is 9.97 Å². The Hall–Kier alpha value is -2.03. The third-order valence-corrected chi connectivity index (χ3v) is 5.08. The van der Waals surface area contributed by atoms with Gasteiger partial charge in [-0.1, -0.05) is 25.6 Å². The van der Waals surface area contributed by atoms with Crippen molar-refractivity contribution < 1.29 is 13.2 Å². The minimum absolute atomic E-state index is 0.0143. The standard InChI is InChI=1S/C16H18F3N5S/c1-8(10-4-9-11(6-21-10)22-7-15(9,2)3)25-14-23-12(16(17,18)19)5-13(20)24-14/h4-6,8,22H,7H2,1-3H3,(H2,20,23,24). The molecule has 3 N–H and O–H groups in total. The number of aromatic nitrogens is 3. The van der Waals surface area contributed by atoms with Gasteiger partial charge in [0.2, 0.25) is 0 Å². The number of nitrogens with one attached hydrogen (secondary N) is 1. The molecule has 1 unspecified atom stereocenters. The molecule has 134 valence electrons. The number of fused-ring (bicyclic) bond motifs is 1. The summed E-state index contributed by atoms with van der Waals surface area (Å²) >= 11 is 1.10. The summed E-state index contributed by atoms with van der Waals surface area (Å²) in [6, 6.07) is 2.72. The lowest BCUT2D eigenvalue weighted by atomic mass is 9.87. The van der Waals surface area contributed by atoms with Crippen LogP contribution < -0.4 is 11.1 Å². The van der Waals surface area contributed by atoms with Gasteiger partial charge in [0.15, 0.2) is 10.9 Å². The Morgan fingerprint density at radius 3 is 2.68 bits per heavy atom. The number of nitrogen functional groups attached to an aromatic ring is 1. The van der Waals surface area contributed by atoms with Gasteiger partial charge < -0.3 is 11.1 Å². The van der Waals surface area contributed by atoms with Crippen molar-refractivity contribution in [2.45, 2.75) is 42.8 Å². The van der Waals surface area contributed by atoms with Gasteiger partial charge >= 0.3 is 6.18 Å². The number of nitrogens with two attached hydrogens (primary N) is 1. The summed E-state index contributed by atoms with van der Waals surface area (Å²) in [4.78, 5) is 11.9. The van der Waals surface area contributed by atoms with Crippen LogP contribution in [-0.4, -0.2) is 21.5 Å². The molecule has 25 heavy (non-hydrogen) atoms. The highest BCUT2D eigenvalue weighted by Gasteiger charge is 2.34. The van der Waals surface area contributed by atoms with Gasteiger partial charge in [-0.15, -0.1) is 0 Å². The zero-order chi connectivity index (χ0) is 18.4. The van der Waals surface area contributed by atoms with Crippen LogP contribution in [0.2, 0.25) is 0 Å². The van der Waals surface area contributed by atoms with Gasteiger partial charge in [0.1, 0.15) is 5.82 Å². The van der Waals surface area contributed by atoms with Crippen molar-refractivity contribution in [2.24, 2.45) is 0 Å². The van der Waals surface area contributed by atoms with Crippen LogP contribution >= 0.6 is 11.8 Å². The average molecular weight is 369 g/mol. The van der Waals surface area contributed by atoms with Gasteiger partial charge in [-0.3, -0.25) is 4.98 Å². The fourth-order valence-electron chi connectivity index (χ4n) is 2.67. The second kappa shape index (κ2) is 6.05. The summed E-state index contributed by atoms with van der Waals surface area (Å²) in [6.07, 6.45) is -2.80. The molecule has 0 fully saturated rings. The van der Waals surface area contributed by atoms with Crippen molar-refractivity contribution in [3.8, 4) is 0 Å². The van der Waals surface area contributed by atoms with Crippen LogP contribution in [0.25, 0.3) is 0 Å². The van der Waals surface area contributed by atoms with E-state index < -0.39 is 11.9 Å². The van der Waals surface area contributed by atoms with Crippen LogP contribution in [0.5, 0.6) is 0 Å². The highest BCUT2D eigenvalue weighted by atomic mass is 32.2. The lowest BCUT2D eigenvalue weighted by Crippen LogP contribution is -2.19. The second-order valence-electron chi connectivity index (χ2n) is 6.61. The molecule has 3 rings (SSSR count). The molecular formula is C16H18F3N5S. The molecule has 0 spiro atoms. The van der Waals surface area contributed by atoms with E-state index in [0.29, 0.717) is 0 Å². The zero-order valence-electron chi connectivity index (χ0n) is 14.0. The fraction of sp³-hybridized carbons (Fsp3) is 0.438. The summed E-state index contributed by atoms with van der Waals surface area (Å²) in [5.74, 6) is -0.204. The van der Waals surface area contributed by atoms with Gasteiger partial charge in [0, 0.05) is 18.0 Å². The Balaban J connectivity index is 1.86. The van der Waals surface area contributed by atoms with Crippen LogP contribution in [0.4, 0.5) is 24.7 Å². The first kappa shape index (κ1) is 17.8. The maximum Gasteiger partial charge on any atom is 0.433 e. The Kier molecular flexibility index (Phi) is 4.30. The van der Waals surface area contributed by atoms with Crippen LogP contribution in [0.15, 0.2) is 23.5 Å². The molecule has 9 heteroatoms. The number of nitrogens with zero attached hydrogens (tertiary/aromatic N) is 3. The summed E-state index contributed by atoms with van der Waals surface area (Å²) in [5.41, 5.74) is 7.34. The fourth-order valence-corrected chi connectivity index (χ4v) is 3.54. The summed E-state index contributed by atoms with van der Waals surface area (Å²) in [5, 5.41) is 3.07. The van der Waals surface area contributed by atoms with E-state index in [4.69, 9.17) is 5.73 Å². The predicted molar refractivity (Wildman–Crippen MR) is 91.5 cm³/mol. The average Bonchev–Trinajstić information content (AvgIpc) is 2.81. The molecular weight excluding hydrogens is 351 g/mol. The van der Waals surface area contributed by atoms with E-state index in [-0.39, 0.29) is 21.6 Å². The number of thioether (sulfide) groups is 1. The number of anilines is 2. The Bertz CT molecular complexity index is 807. The van der Waals surface area contributed by atoms with E-state index in [9.17, 15) is 13.2 Å². The smallest absolute Gasteiger partial charge is 0.384 e. The first-order valence-corrected chi connectivity index (χ1v) is 8.57. The molecule has 0 bridgehead atoms. The number of alkyl halides is 3. The molecule has 2 aromatic heterocycles. The van der Waals surface area contributed by atoms with E-state index >= 15 is 0 Å². The molecule has 1 atom stereocenters. The van der Waals surface area contributed by atoms with Gasteiger partial charge in [0.25, 0.3) is 0 Å². The van der Waals surface area contributed by atoms with Gasteiger partial charge in [-0.2, -0.15) is 13.2 Å². The van der Waals surface area contributed by atoms with E-state index in [1.54, 1.807) is 6.20 Å². The van der Waals surface area contributed by atoms with Gasteiger partial charge in [-0.05, 0) is 18.6 Å². The van der Waals surface area contributed by atoms with Crippen molar-refractivity contribution in [1.29, 1.82) is 0 Å². The van der Waals surface area contributed by atoms with Crippen molar-refractivity contribution in [1.82, 2.24) is 15.0 Å². The number of halogens is 3. The third-order valence-electron chi connectivity index (χ3n) is 4.09. The van der Waals surface area contributed by atoms with Crippen molar-refractivity contribution in [3.05, 3.63) is 35.3 Å². The first-order valence-electron chi connectivity index (χ1n) is 7.69. The van der Waals surface area contributed by atoms with Crippen molar-refractivity contribution in [3.63, 3.8) is 0 Å². The molecule has 0 aromatic carbocycles. The first-order chi connectivity index (χ1) is 11.6. The van der Waals surface area contributed by atoms with Crippen LogP contribution in [-0.2, 0) is 11.6 Å². The molecule has 0 saturated heterocycles. The quantitative estimate of drug-likeness (QED) is 0.628. The van der Waals surface area contributed by atoms with Crippen LogP contribution in [0.1, 0.15) is 43.0 Å². The van der Waals surface area contributed by atoms with Crippen LogP contribution in [0, 0.1) is 0 Å². The third kappa shape index (κ3) is 3.65. The largest absolute Gasteiger partial charge is 0.433 e. The van der Waals surface area contributed by atoms with Crippen molar-refractivity contribution in [2.75, 3.05) is 17.6 Å². The molecule has 1 aliphatic heterocycles. The summed E-state index contributed by atoms with van der Waals surface area (Å²) in [6.45, 7) is 6.94. The molecule has 0 aliphatic carbocycles. The SMILES string of the molecule is CC(Sc1nc(N)cc(C(F)(F)F)n1)c1cc2c(cn1)NCC2(C)C. The lowest BCUT2D eigenvalue weighted by Gasteiger charge is -2.18. The molecule has 3 heterocycles. The van der Waals surface area contributed by atoms with Crippen molar-refractivity contribution >= 4 is 23.3 Å². The van der Waals surface area contributed by atoms with E-state index in [1.807, 2.05) is 13.0 Å². The second-order valence-corrected chi connectivity index (χ2v) is 7.92. The van der Waals surface area contributed by atoms with E-state index in [2.05, 4.69) is 34.1 Å². The Morgan fingerprint density at radius 2 is 2.00 bits per heavy atom. The molecule has 1 aliphatic rings. The maximum atomic E-state index is 12.9. The number of pyridine rings is 1. The monoisotopic (exact) mass is 369 g/mol. The van der Waals surface area contributed by atoms with Gasteiger partial charge in [0.05, 0.1) is 22.8 Å². The minimum Gasteiger partial charge on any atom is -0.384 e. The number of hydrogen-bond acceptors (Lipinski definition) is 6. The normalized spacial score (nSPS) is 17.0. The van der Waals surface area contributed by atoms with Crippen LogP contribution in [0.3, 0.4) is 0 Å². The van der Waals surface area contributed by atoms with E-state index in [0.717, 1.165) is 41.3 Å². The lowest BCUT2D eigenvalue weighted by molar-refractivity contribution is -0.141. The Labute approximate surface area is 147 Å². The summed E-state index contributed by atoms with van der Waals surface area (Å²) in [7, 11) is 0. The number of rotatable bonds is 3. The highest BCUT2D eigenvalue weighted by molar-refractivity contribution is 7.99. The topological polar surface area (TPSA) is 76.7 Å². The molecule has 2 aromatic rings. The molecule has 0 saturated carbocycles. The number of hydrogen-bond donors (Lipinski definition) is 2. The zero-order valence-corrected chi connectivity index (χ0v) is 14.8. The highest BCUT2D eigenvalue weighted by Crippen LogP contribution is 2.40. The maximum absolute atomic E-state index is 12.9. The minimum atomic E-state index is -4.56. The molecule has 0 amide bonds. The molecule has 0 radical (unpaired) electrons. The Morgan fingerprint density at radius 1 is 1.28 bits per heavy atom. The van der Waals surface area contributed by atoms with E-state index in [1.165, 1.54) is 0 Å².